The summed E-state index contributed by atoms with van der Waals surface area (Å²) in [6.07, 6.45) is 0. The first kappa shape index (κ1) is 15.2. The van der Waals surface area contributed by atoms with Crippen molar-refractivity contribution in [3.63, 3.8) is 0 Å². The molecule has 0 aliphatic heterocycles. The Labute approximate surface area is 133 Å². The number of hydrogen-bond donors (Lipinski definition) is 1. The average Bonchev–Trinajstić information content (AvgIpc) is 2.43. The Hall–Kier alpha value is -1.19. The van der Waals surface area contributed by atoms with Gasteiger partial charge in [-0.25, -0.2) is 0 Å². The van der Waals surface area contributed by atoms with Crippen LogP contribution in [0.15, 0.2) is 40.9 Å². The number of methoxy groups -OCH3 is 1. The smallest absolute Gasteiger partial charge is 0.124 e. The van der Waals surface area contributed by atoms with Crippen molar-refractivity contribution >= 4 is 33.2 Å². The Morgan fingerprint density at radius 2 is 2.00 bits per heavy atom. The number of anilines is 1. The Bertz CT molecular complexity index is 615. The lowest BCUT2D eigenvalue weighted by atomic mass is 10.0. The second kappa shape index (κ2) is 6.51. The Morgan fingerprint density at radius 3 is 2.70 bits per heavy atom. The van der Waals surface area contributed by atoms with Crippen LogP contribution >= 0.6 is 27.5 Å². The van der Waals surface area contributed by atoms with E-state index in [1.54, 1.807) is 7.11 Å². The van der Waals surface area contributed by atoms with Crippen LogP contribution in [0.3, 0.4) is 0 Å². The van der Waals surface area contributed by atoms with Crippen molar-refractivity contribution in [2.75, 3.05) is 12.4 Å². The van der Waals surface area contributed by atoms with E-state index in [4.69, 9.17) is 16.3 Å². The first-order valence-corrected chi connectivity index (χ1v) is 7.55. The van der Waals surface area contributed by atoms with E-state index >= 15 is 0 Å². The summed E-state index contributed by atoms with van der Waals surface area (Å²) in [5.41, 5.74) is 3.26. The van der Waals surface area contributed by atoms with Crippen molar-refractivity contribution in [2.45, 2.75) is 19.9 Å². The van der Waals surface area contributed by atoms with Gasteiger partial charge in [0.2, 0.25) is 0 Å². The monoisotopic (exact) mass is 353 g/mol. The molecular weight excluding hydrogens is 338 g/mol. The minimum atomic E-state index is 0.111. The van der Waals surface area contributed by atoms with Crippen molar-refractivity contribution in [3.8, 4) is 5.75 Å². The number of rotatable bonds is 4. The standard InChI is InChI=1S/C16H17BrClNO/c1-10-7-8-12(15(9-10)20-3)11(2)19-14-6-4-5-13(18)16(14)17/h4-9,11,19H,1-3H3. The number of ether oxygens (including phenoxy) is 1. The summed E-state index contributed by atoms with van der Waals surface area (Å²) in [7, 11) is 1.69. The molecule has 0 aliphatic rings. The lowest BCUT2D eigenvalue weighted by Gasteiger charge is -2.20. The molecule has 0 bridgehead atoms. The molecule has 1 atom stereocenters. The van der Waals surface area contributed by atoms with Crippen LogP contribution in [0.4, 0.5) is 5.69 Å². The maximum Gasteiger partial charge on any atom is 0.124 e. The predicted octanol–water partition coefficient (Wildman–Crippen LogP) is 5.59. The van der Waals surface area contributed by atoms with E-state index in [2.05, 4.69) is 47.2 Å². The Balaban J connectivity index is 2.28. The molecule has 0 fully saturated rings. The largest absolute Gasteiger partial charge is 0.496 e. The zero-order valence-corrected chi connectivity index (χ0v) is 14.0. The lowest BCUT2D eigenvalue weighted by molar-refractivity contribution is 0.407. The van der Waals surface area contributed by atoms with Crippen molar-refractivity contribution in [1.82, 2.24) is 0 Å². The van der Waals surface area contributed by atoms with Crippen LogP contribution in [0.5, 0.6) is 5.75 Å². The molecule has 0 amide bonds. The molecule has 1 unspecified atom stereocenters. The maximum atomic E-state index is 6.11. The highest BCUT2D eigenvalue weighted by Gasteiger charge is 2.13. The van der Waals surface area contributed by atoms with Gasteiger partial charge in [-0.1, -0.05) is 29.8 Å². The van der Waals surface area contributed by atoms with Crippen LogP contribution in [0.2, 0.25) is 5.02 Å². The van der Waals surface area contributed by atoms with Gasteiger partial charge in [0.05, 0.1) is 28.3 Å². The molecule has 0 spiro atoms. The topological polar surface area (TPSA) is 21.3 Å². The van der Waals surface area contributed by atoms with Gasteiger partial charge in [0.25, 0.3) is 0 Å². The molecule has 2 aromatic carbocycles. The van der Waals surface area contributed by atoms with Crippen LogP contribution in [0, 0.1) is 6.92 Å². The van der Waals surface area contributed by atoms with Gasteiger partial charge in [-0.15, -0.1) is 0 Å². The molecule has 0 aliphatic carbocycles. The normalized spacial score (nSPS) is 12.1. The third-order valence-corrected chi connectivity index (χ3v) is 4.58. The summed E-state index contributed by atoms with van der Waals surface area (Å²) in [5, 5.41) is 4.14. The first-order valence-electron chi connectivity index (χ1n) is 6.38. The van der Waals surface area contributed by atoms with Crippen LogP contribution in [-0.4, -0.2) is 7.11 Å². The minimum absolute atomic E-state index is 0.111. The van der Waals surface area contributed by atoms with Gasteiger partial charge < -0.3 is 10.1 Å². The summed E-state index contributed by atoms with van der Waals surface area (Å²) in [4.78, 5) is 0. The van der Waals surface area contributed by atoms with E-state index in [0.29, 0.717) is 5.02 Å². The Kier molecular flexibility index (Phi) is 4.95. The number of benzene rings is 2. The summed E-state index contributed by atoms with van der Waals surface area (Å²) in [5.74, 6) is 0.892. The van der Waals surface area contributed by atoms with Crippen molar-refractivity contribution in [3.05, 3.63) is 57.0 Å². The van der Waals surface area contributed by atoms with Gasteiger partial charge in [0, 0.05) is 5.56 Å². The molecule has 0 aromatic heterocycles. The summed E-state index contributed by atoms with van der Waals surface area (Å²) < 4.78 is 6.34. The van der Waals surface area contributed by atoms with Gasteiger partial charge in [-0.05, 0) is 53.5 Å². The van der Waals surface area contributed by atoms with E-state index in [1.807, 2.05) is 24.3 Å². The summed E-state index contributed by atoms with van der Waals surface area (Å²) in [6, 6.07) is 12.1. The fraction of sp³-hybridized carbons (Fsp3) is 0.250. The summed E-state index contributed by atoms with van der Waals surface area (Å²) >= 11 is 9.61. The number of nitrogens with one attached hydrogen (secondary N) is 1. The van der Waals surface area contributed by atoms with Gasteiger partial charge in [0.15, 0.2) is 0 Å². The van der Waals surface area contributed by atoms with Gasteiger partial charge in [0.1, 0.15) is 5.75 Å². The van der Waals surface area contributed by atoms with Crippen LogP contribution in [0.1, 0.15) is 24.1 Å². The fourth-order valence-electron chi connectivity index (χ4n) is 2.10. The van der Waals surface area contributed by atoms with Gasteiger partial charge in [-0.3, -0.25) is 0 Å². The van der Waals surface area contributed by atoms with Crippen molar-refractivity contribution < 1.29 is 4.74 Å². The quantitative estimate of drug-likeness (QED) is 0.772. The Morgan fingerprint density at radius 1 is 1.25 bits per heavy atom. The molecular formula is C16H17BrClNO. The second-order valence-corrected chi connectivity index (χ2v) is 5.91. The summed E-state index contributed by atoms with van der Waals surface area (Å²) in [6.45, 7) is 4.15. The molecule has 0 radical (unpaired) electrons. The third kappa shape index (κ3) is 3.28. The first-order chi connectivity index (χ1) is 9.52. The van der Waals surface area contributed by atoms with Gasteiger partial charge in [-0.2, -0.15) is 0 Å². The number of aryl methyl sites for hydroxylation is 1. The zero-order chi connectivity index (χ0) is 14.7. The number of hydrogen-bond acceptors (Lipinski definition) is 2. The van der Waals surface area contributed by atoms with Crippen LogP contribution in [-0.2, 0) is 0 Å². The van der Waals surface area contributed by atoms with E-state index in [0.717, 1.165) is 21.5 Å². The van der Waals surface area contributed by atoms with Crippen LogP contribution in [0.25, 0.3) is 0 Å². The molecule has 2 nitrogen and oxygen atoms in total. The van der Waals surface area contributed by atoms with E-state index in [1.165, 1.54) is 5.56 Å². The third-order valence-electron chi connectivity index (χ3n) is 3.18. The fourth-order valence-corrected chi connectivity index (χ4v) is 2.66. The minimum Gasteiger partial charge on any atom is -0.496 e. The average molecular weight is 355 g/mol. The predicted molar refractivity (Wildman–Crippen MR) is 88.9 cm³/mol. The molecule has 20 heavy (non-hydrogen) atoms. The highest BCUT2D eigenvalue weighted by Crippen LogP contribution is 2.34. The van der Waals surface area contributed by atoms with Crippen LogP contribution < -0.4 is 10.1 Å². The molecule has 4 heteroatoms. The van der Waals surface area contributed by atoms with Crippen molar-refractivity contribution in [1.29, 1.82) is 0 Å². The van der Waals surface area contributed by atoms with Crippen molar-refractivity contribution in [2.24, 2.45) is 0 Å². The van der Waals surface area contributed by atoms with Gasteiger partial charge >= 0.3 is 0 Å². The van der Waals surface area contributed by atoms with E-state index < -0.39 is 0 Å². The van der Waals surface area contributed by atoms with E-state index in [-0.39, 0.29) is 6.04 Å². The zero-order valence-electron chi connectivity index (χ0n) is 11.7. The molecule has 0 saturated carbocycles. The molecule has 106 valence electrons. The molecule has 0 heterocycles. The maximum absolute atomic E-state index is 6.11. The number of halogens is 2. The lowest BCUT2D eigenvalue weighted by Crippen LogP contribution is -2.08. The molecule has 1 N–H and O–H groups in total. The highest BCUT2D eigenvalue weighted by atomic mass is 79.9. The molecule has 2 rings (SSSR count). The van der Waals surface area contributed by atoms with E-state index in [9.17, 15) is 0 Å². The molecule has 2 aromatic rings. The highest BCUT2D eigenvalue weighted by molar-refractivity contribution is 9.10. The second-order valence-electron chi connectivity index (χ2n) is 4.71. The molecule has 0 saturated heterocycles. The SMILES string of the molecule is COc1cc(C)ccc1C(C)Nc1cccc(Cl)c1Br.